The first-order chi connectivity index (χ1) is 10.7. The molecule has 2 rings (SSSR count). The fourth-order valence-electron chi connectivity index (χ4n) is 2.07. The van der Waals surface area contributed by atoms with Crippen molar-refractivity contribution in [1.82, 2.24) is 0 Å². The fourth-order valence-corrected chi connectivity index (χ4v) is 2.07. The Morgan fingerprint density at radius 3 is 2.27 bits per heavy atom. The number of aryl methyl sites for hydroxylation is 1. The van der Waals surface area contributed by atoms with E-state index >= 15 is 0 Å². The number of benzene rings is 2. The minimum atomic E-state index is -0.0102. The molecule has 0 saturated carbocycles. The van der Waals surface area contributed by atoms with Crippen LogP contribution in [0.25, 0.3) is 0 Å². The molecule has 0 aliphatic rings. The summed E-state index contributed by atoms with van der Waals surface area (Å²) >= 11 is 0. The Morgan fingerprint density at radius 2 is 1.64 bits per heavy atom. The smallest absolute Gasteiger partial charge is 0.228 e. The number of amides is 1. The molecule has 2 aromatic rings. The van der Waals surface area contributed by atoms with Gasteiger partial charge in [0, 0.05) is 25.0 Å². The highest BCUT2D eigenvalue weighted by molar-refractivity contribution is 5.92. The van der Waals surface area contributed by atoms with Crippen molar-refractivity contribution in [3.63, 3.8) is 0 Å². The maximum Gasteiger partial charge on any atom is 0.228 e. The van der Waals surface area contributed by atoms with Crippen LogP contribution in [0.1, 0.15) is 11.1 Å². The van der Waals surface area contributed by atoms with E-state index in [0.717, 1.165) is 23.5 Å². The summed E-state index contributed by atoms with van der Waals surface area (Å²) in [5, 5.41) is 6.14. The van der Waals surface area contributed by atoms with Gasteiger partial charge in [-0.05, 0) is 36.8 Å². The fraction of sp³-hybridized carbons (Fsp3) is 0.278. The zero-order valence-corrected chi connectivity index (χ0v) is 13.1. The van der Waals surface area contributed by atoms with Crippen LogP contribution in [0.5, 0.6) is 0 Å². The van der Waals surface area contributed by atoms with E-state index in [2.05, 4.69) is 10.6 Å². The van der Waals surface area contributed by atoms with E-state index in [1.807, 2.05) is 55.5 Å². The van der Waals surface area contributed by atoms with Crippen molar-refractivity contribution in [2.75, 3.05) is 30.9 Å². The van der Waals surface area contributed by atoms with Crippen molar-refractivity contribution in [2.24, 2.45) is 0 Å². The van der Waals surface area contributed by atoms with E-state index in [0.29, 0.717) is 13.0 Å². The second-order valence-corrected chi connectivity index (χ2v) is 5.21. The molecule has 2 aromatic carbocycles. The van der Waals surface area contributed by atoms with Crippen LogP contribution in [0.3, 0.4) is 0 Å². The maximum atomic E-state index is 12.0. The van der Waals surface area contributed by atoms with E-state index in [4.69, 9.17) is 4.74 Å². The van der Waals surface area contributed by atoms with Crippen LogP contribution in [0.2, 0.25) is 0 Å². The zero-order chi connectivity index (χ0) is 15.8. The van der Waals surface area contributed by atoms with E-state index in [9.17, 15) is 4.79 Å². The van der Waals surface area contributed by atoms with Crippen LogP contribution in [-0.2, 0) is 16.0 Å². The summed E-state index contributed by atoms with van der Waals surface area (Å²) in [6.45, 7) is 3.46. The predicted octanol–water partition coefficient (Wildman–Crippen LogP) is 3.23. The molecule has 0 aromatic heterocycles. The number of ether oxygens (including phenoxy) is 1. The summed E-state index contributed by atoms with van der Waals surface area (Å²) in [4.78, 5) is 12.0. The molecule has 0 aliphatic heterocycles. The highest BCUT2D eigenvalue weighted by Crippen LogP contribution is 2.14. The van der Waals surface area contributed by atoms with Crippen molar-refractivity contribution >= 4 is 17.3 Å². The van der Waals surface area contributed by atoms with Gasteiger partial charge in [-0.3, -0.25) is 4.79 Å². The van der Waals surface area contributed by atoms with Gasteiger partial charge in [0.15, 0.2) is 0 Å². The first-order valence-corrected chi connectivity index (χ1v) is 7.35. The third kappa shape index (κ3) is 5.22. The Bertz CT molecular complexity index is 591. The van der Waals surface area contributed by atoms with Gasteiger partial charge in [-0.15, -0.1) is 0 Å². The molecule has 22 heavy (non-hydrogen) atoms. The highest BCUT2D eigenvalue weighted by Gasteiger charge is 2.04. The van der Waals surface area contributed by atoms with Gasteiger partial charge < -0.3 is 15.4 Å². The summed E-state index contributed by atoms with van der Waals surface area (Å²) < 4.78 is 4.98. The molecule has 0 aliphatic carbocycles. The summed E-state index contributed by atoms with van der Waals surface area (Å²) in [6.07, 6.45) is 0.383. The molecule has 0 atom stereocenters. The molecule has 0 heterocycles. The molecule has 0 spiro atoms. The average molecular weight is 298 g/mol. The van der Waals surface area contributed by atoms with Crippen LogP contribution in [0, 0.1) is 6.92 Å². The van der Waals surface area contributed by atoms with Crippen LogP contribution in [-0.4, -0.2) is 26.2 Å². The Kier molecular flexibility index (Phi) is 5.98. The molecule has 0 saturated heterocycles. The maximum absolute atomic E-state index is 12.0. The minimum absolute atomic E-state index is 0.0102. The first kappa shape index (κ1) is 16.0. The SMILES string of the molecule is COCCNc1ccc(NC(=O)Cc2ccc(C)cc2)cc1. The van der Waals surface area contributed by atoms with Crippen molar-refractivity contribution in [1.29, 1.82) is 0 Å². The average Bonchev–Trinajstić information content (AvgIpc) is 2.51. The van der Waals surface area contributed by atoms with Gasteiger partial charge in [-0.2, -0.15) is 0 Å². The van der Waals surface area contributed by atoms with Gasteiger partial charge in [0.25, 0.3) is 0 Å². The molecule has 0 fully saturated rings. The van der Waals surface area contributed by atoms with Crippen molar-refractivity contribution in [3.05, 3.63) is 59.7 Å². The topological polar surface area (TPSA) is 50.4 Å². The summed E-state index contributed by atoms with van der Waals surface area (Å²) in [7, 11) is 1.67. The summed E-state index contributed by atoms with van der Waals surface area (Å²) in [6, 6.07) is 15.7. The van der Waals surface area contributed by atoms with E-state index in [1.165, 1.54) is 5.56 Å². The number of rotatable bonds is 7. The molecule has 0 unspecified atom stereocenters. The Hall–Kier alpha value is -2.33. The normalized spacial score (nSPS) is 10.3. The summed E-state index contributed by atoms with van der Waals surface area (Å²) in [5.41, 5.74) is 4.02. The Morgan fingerprint density at radius 1 is 1.00 bits per heavy atom. The van der Waals surface area contributed by atoms with Gasteiger partial charge in [0.1, 0.15) is 0 Å². The van der Waals surface area contributed by atoms with Crippen molar-refractivity contribution in [3.8, 4) is 0 Å². The van der Waals surface area contributed by atoms with E-state index < -0.39 is 0 Å². The Labute approximate surface area is 131 Å². The number of carbonyl (C=O) groups is 1. The minimum Gasteiger partial charge on any atom is -0.383 e. The Balaban J connectivity index is 1.84. The predicted molar refractivity (Wildman–Crippen MR) is 90.3 cm³/mol. The van der Waals surface area contributed by atoms with Gasteiger partial charge in [0.05, 0.1) is 13.0 Å². The molecule has 4 nitrogen and oxygen atoms in total. The third-order valence-electron chi connectivity index (χ3n) is 3.29. The number of carbonyl (C=O) groups excluding carboxylic acids is 1. The molecular formula is C18H22N2O2. The van der Waals surface area contributed by atoms with Gasteiger partial charge in [0.2, 0.25) is 5.91 Å². The molecular weight excluding hydrogens is 276 g/mol. The van der Waals surface area contributed by atoms with Crippen LogP contribution in [0.15, 0.2) is 48.5 Å². The number of anilines is 2. The zero-order valence-electron chi connectivity index (χ0n) is 13.1. The highest BCUT2D eigenvalue weighted by atomic mass is 16.5. The molecule has 0 radical (unpaired) electrons. The molecule has 4 heteroatoms. The third-order valence-corrected chi connectivity index (χ3v) is 3.29. The number of nitrogens with one attached hydrogen (secondary N) is 2. The lowest BCUT2D eigenvalue weighted by Crippen LogP contribution is -2.14. The molecule has 1 amide bonds. The van der Waals surface area contributed by atoms with Crippen LogP contribution >= 0.6 is 0 Å². The lowest BCUT2D eigenvalue weighted by Gasteiger charge is -2.08. The lowest BCUT2D eigenvalue weighted by molar-refractivity contribution is -0.115. The van der Waals surface area contributed by atoms with E-state index in [-0.39, 0.29) is 5.91 Å². The van der Waals surface area contributed by atoms with Crippen LogP contribution in [0.4, 0.5) is 11.4 Å². The second-order valence-electron chi connectivity index (χ2n) is 5.21. The second kappa shape index (κ2) is 8.20. The van der Waals surface area contributed by atoms with Gasteiger partial charge >= 0.3 is 0 Å². The number of hydrogen-bond acceptors (Lipinski definition) is 3. The quantitative estimate of drug-likeness (QED) is 0.772. The lowest BCUT2D eigenvalue weighted by atomic mass is 10.1. The van der Waals surface area contributed by atoms with Crippen molar-refractivity contribution < 1.29 is 9.53 Å². The molecule has 116 valence electrons. The number of methoxy groups -OCH3 is 1. The monoisotopic (exact) mass is 298 g/mol. The van der Waals surface area contributed by atoms with Gasteiger partial charge in [-0.1, -0.05) is 29.8 Å². The van der Waals surface area contributed by atoms with Crippen LogP contribution < -0.4 is 10.6 Å². The summed E-state index contributed by atoms with van der Waals surface area (Å²) in [5.74, 6) is -0.0102. The molecule has 2 N–H and O–H groups in total. The largest absolute Gasteiger partial charge is 0.383 e. The van der Waals surface area contributed by atoms with Crippen molar-refractivity contribution in [2.45, 2.75) is 13.3 Å². The standard InChI is InChI=1S/C18H22N2O2/c1-14-3-5-15(6-4-14)13-18(21)20-17-9-7-16(8-10-17)19-11-12-22-2/h3-10,19H,11-13H2,1-2H3,(H,20,21). The first-order valence-electron chi connectivity index (χ1n) is 7.35. The van der Waals surface area contributed by atoms with Gasteiger partial charge in [-0.25, -0.2) is 0 Å². The number of hydrogen-bond donors (Lipinski definition) is 2. The van der Waals surface area contributed by atoms with E-state index in [1.54, 1.807) is 7.11 Å². The molecule has 0 bridgehead atoms.